The van der Waals surface area contributed by atoms with Crippen LogP contribution in [0.2, 0.25) is 0 Å². The number of rotatable bonds is 1. The summed E-state index contributed by atoms with van der Waals surface area (Å²) in [7, 11) is 0. The fraction of sp³-hybridized carbons (Fsp3) is 0.0769. The van der Waals surface area contributed by atoms with E-state index in [4.69, 9.17) is 0 Å². The molecular weight excluding hydrogens is 297 g/mol. The summed E-state index contributed by atoms with van der Waals surface area (Å²) >= 11 is 3.20. The lowest BCUT2D eigenvalue weighted by Crippen LogP contribution is -2.03. The molecule has 2 heterocycles. The fourth-order valence-corrected chi connectivity index (χ4v) is 2.29. The molecule has 3 nitrogen and oxygen atoms in total. The average molecular weight is 306 g/mol. The highest BCUT2D eigenvalue weighted by Crippen LogP contribution is 2.23. The van der Waals surface area contributed by atoms with Crippen molar-refractivity contribution in [2.45, 2.75) is 6.92 Å². The van der Waals surface area contributed by atoms with Crippen LogP contribution in [0.5, 0.6) is 0 Å². The monoisotopic (exact) mass is 305 g/mol. The zero-order valence-corrected chi connectivity index (χ0v) is 11.1. The summed E-state index contributed by atoms with van der Waals surface area (Å²) < 4.78 is 16.3. The van der Waals surface area contributed by atoms with E-state index >= 15 is 0 Å². The van der Waals surface area contributed by atoms with Crippen molar-refractivity contribution in [1.29, 1.82) is 0 Å². The molecule has 3 rings (SSSR count). The van der Waals surface area contributed by atoms with Gasteiger partial charge in [0, 0.05) is 10.7 Å². The minimum atomic E-state index is -0.379. The highest BCUT2D eigenvalue weighted by Gasteiger charge is 2.13. The molecule has 0 spiro atoms. The predicted molar refractivity (Wildman–Crippen MR) is 71.3 cm³/mol. The minimum absolute atomic E-state index is 0.268. The van der Waals surface area contributed by atoms with E-state index in [0.717, 1.165) is 11.0 Å². The molecule has 0 fully saturated rings. The van der Waals surface area contributed by atoms with Crippen molar-refractivity contribution in [1.82, 2.24) is 14.5 Å². The van der Waals surface area contributed by atoms with Crippen LogP contribution in [0.3, 0.4) is 0 Å². The quantitative estimate of drug-likeness (QED) is 0.687. The van der Waals surface area contributed by atoms with Gasteiger partial charge in [-0.15, -0.1) is 0 Å². The molecule has 1 aromatic carbocycles. The number of aromatic nitrogens is 3. The van der Waals surface area contributed by atoms with Crippen LogP contribution in [0.15, 0.2) is 41.0 Å². The summed E-state index contributed by atoms with van der Waals surface area (Å²) in [5.41, 5.74) is 1.68. The number of nitrogens with zero attached hydrogens (tertiary/aromatic N) is 3. The van der Waals surface area contributed by atoms with E-state index in [1.54, 1.807) is 10.8 Å². The van der Waals surface area contributed by atoms with Gasteiger partial charge in [-0.3, -0.25) is 4.57 Å². The van der Waals surface area contributed by atoms with Crippen molar-refractivity contribution in [2.24, 2.45) is 0 Å². The van der Waals surface area contributed by atoms with Gasteiger partial charge < -0.3 is 0 Å². The largest absolute Gasteiger partial charge is 0.278 e. The van der Waals surface area contributed by atoms with E-state index in [2.05, 4.69) is 25.9 Å². The van der Waals surface area contributed by atoms with E-state index in [0.29, 0.717) is 10.3 Å². The maximum Gasteiger partial charge on any atom is 0.175 e. The second kappa shape index (κ2) is 4.17. The molecule has 0 atom stereocenters. The van der Waals surface area contributed by atoms with Crippen molar-refractivity contribution in [3.8, 4) is 5.82 Å². The Hall–Kier alpha value is -1.75. The highest BCUT2D eigenvalue weighted by molar-refractivity contribution is 9.10. The Bertz CT molecular complexity index is 736. The van der Waals surface area contributed by atoms with Crippen LogP contribution in [-0.4, -0.2) is 14.5 Å². The Balaban J connectivity index is 2.34. The molecule has 90 valence electrons. The zero-order valence-electron chi connectivity index (χ0n) is 9.56. The van der Waals surface area contributed by atoms with E-state index in [-0.39, 0.29) is 11.6 Å². The van der Waals surface area contributed by atoms with E-state index in [1.165, 1.54) is 6.07 Å². The van der Waals surface area contributed by atoms with Crippen molar-refractivity contribution in [3.05, 3.63) is 52.6 Å². The van der Waals surface area contributed by atoms with E-state index in [9.17, 15) is 4.39 Å². The molecule has 0 bridgehead atoms. The Morgan fingerprint density at radius 3 is 2.83 bits per heavy atom. The summed E-state index contributed by atoms with van der Waals surface area (Å²) in [4.78, 5) is 8.53. The van der Waals surface area contributed by atoms with E-state index < -0.39 is 0 Å². The molecule has 0 saturated heterocycles. The van der Waals surface area contributed by atoms with Gasteiger partial charge in [-0.1, -0.05) is 12.1 Å². The predicted octanol–water partition coefficient (Wildman–Crippen LogP) is 3.63. The summed E-state index contributed by atoms with van der Waals surface area (Å²) in [5.74, 6) is 0.602. The van der Waals surface area contributed by atoms with Gasteiger partial charge >= 0.3 is 0 Å². The van der Waals surface area contributed by atoms with Crippen LogP contribution < -0.4 is 0 Å². The lowest BCUT2D eigenvalue weighted by molar-refractivity contribution is 0.608. The van der Waals surface area contributed by atoms with Crippen LogP contribution in [0.1, 0.15) is 5.82 Å². The number of halogens is 2. The first-order valence-electron chi connectivity index (χ1n) is 5.42. The normalized spacial score (nSPS) is 11.1. The topological polar surface area (TPSA) is 30.7 Å². The lowest BCUT2D eigenvalue weighted by atomic mass is 10.3. The Morgan fingerprint density at radius 2 is 2.06 bits per heavy atom. The van der Waals surface area contributed by atoms with E-state index in [1.807, 2.05) is 31.2 Å². The Kier molecular flexibility index (Phi) is 2.63. The molecule has 2 aromatic heterocycles. The van der Waals surface area contributed by atoms with Crippen LogP contribution >= 0.6 is 15.9 Å². The number of aryl methyl sites for hydroxylation is 1. The minimum Gasteiger partial charge on any atom is -0.278 e. The first kappa shape index (κ1) is 11.3. The SMILES string of the molecule is Cc1nc2ccccc2n1-c1ncc(Br)cc1F. The zero-order chi connectivity index (χ0) is 12.7. The molecule has 0 unspecified atom stereocenters. The third kappa shape index (κ3) is 1.71. The number of fused-ring (bicyclic) bond motifs is 1. The molecule has 0 saturated carbocycles. The summed E-state index contributed by atoms with van der Waals surface area (Å²) in [6.07, 6.45) is 1.58. The maximum atomic E-state index is 14.0. The number of pyridine rings is 1. The van der Waals surface area contributed by atoms with Crippen molar-refractivity contribution < 1.29 is 4.39 Å². The molecule has 0 aliphatic carbocycles. The number of benzene rings is 1. The number of hydrogen-bond acceptors (Lipinski definition) is 2. The van der Waals surface area contributed by atoms with Crippen molar-refractivity contribution in [3.63, 3.8) is 0 Å². The maximum absolute atomic E-state index is 14.0. The second-order valence-corrected chi connectivity index (χ2v) is 4.86. The van der Waals surface area contributed by atoms with Crippen LogP contribution in [-0.2, 0) is 0 Å². The Labute approximate surface area is 111 Å². The average Bonchev–Trinajstić information content (AvgIpc) is 2.66. The lowest BCUT2D eigenvalue weighted by Gasteiger charge is -2.07. The van der Waals surface area contributed by atoms with Gasteiger partial charge in [-0.2, -0.15) is 0 Å². The van der Waals surface area contributed by atoms with Gasteiger partial charge in [0.2, 0.25) is 0 Å². The van der Waals surface area contributed by atoms with Crippen LogP contribution in [0.25, 0.3) is 16.9 Å². The fourth-order valence-electron chi connectivity index (χ4n) is 1.99. The standard InChI is InChI=1S/C13H9BrFN3/c1-8-17-11-4-2-3-5-12(11)18(8)13-10(15)6-9(14)7-16-13/h2-7H,1H3. The molecule has 0 N–H and O–H groups in total. The molecule has 0 amide bonds. The summed E-state index contributed by atoms with van der Waals surface area (Å²) in [6, 6.07) is 9.01. The van der Waals surface area contributed by atoms with Crippen LogP contribution in [0.4, 0.5) is 4.39 Å². The van der Waals surface area contributed by atoms with Crippen LogP contribution in [0, 0.1) is 12.7 Å². The highest BCUT2D eigenvalue weighted by atomic mass is 79.9. The molecule has 18 heavy (non-hydrogen) atoms. The van der Waals surface area contributed by atoms with Gasteiger partial charge in [-0.25, -0.2) is 14.4 Å². The number of para-hydroxylation sites is 2. The molecule has 0 aliphatic rings. The second-order valence-electron chi connectivity index (χ2n) is 3.94. The summed E-state index contributed by atoms with van der Waals surface area (Å²) in [6.45, 7) is 1.84. The molecule has 0 radical (unpaired) electrons. The molecule has 5 heteroatoms. The third-order valence-electron chi connectivity index (χ3n) is 2.73. The van der Waals surface area contributed by atoms with Crippen molar-refractivity contribution >= 4 is 27.0 Å². The molecule has 0 aliphatic heterocycles. The molecule has 3 aromatic rings. The van der Waals surface area contributed by atoms with Gasteiger partial charge in [0.25, 0.3) is 0 Å². The summed E-state index contributed by atoms with van der Waals surface area (Å²) in [5, 5.41) is 0. The molecular formula is C13H9BrFN3. The third-order valence-corrected chi connectivity index (χ3v) is 3.16. The van der Waals surface area contributed by atoms with Gasteiger partial charge in [0.1, 0.15) is 5.82 Å². The first-order chi connectivity index (χ1) is 8.66. The number of imidazole rings is 1. The van der Waals surface area contributed by atoms with Gasteiger partial charge in [-0.05, 0) is 41.1 Å². The van der Waals surface area contributed by atoms with Gasteiger partial charge in [0.15, 0.2) is 11.6 Å². The Morgan fingerprint density at radius 1 is 1.28 bits per heavy atom. The van der Waals surface area contributed by atoms with Gasteiger partial charge in [0.05, 0.1) is 11.0 Å². The number of hydrogen-bond donors (Lipinski definition) is 0. The van der Waals surface area contributed by atoms with Crippen molar-refractivity contribution in [2.75, 3.05) is 0 Å². The first-order valence-corrected chi connectivity index (χ1v) is 6.21. The smallest absolute Gasteiger partial charge is 0.175 e.